The van der Waals surface area contributed by atoms with E-state index in [4.69, 9.17) is 0 Å². The molecule has 6 heteroatoms. The molecule has 0 saturated heterocycles. The molecule has 0 aromatic carbocycles. The first kappa shape index (κ1) is 65.0. The van der Waals surface area contributed by atoms with Crippen LogP contribution in [0.1, 0.15) is 182 Å². The molecule has 0 unspecified atom stereocenters. The fraction of sp³-hybridized carbons (Fsp3) is 0.692. The molecule has 3 aromatic heterocycles. The molecule has 6 nitrogen and oxygen atoms in total. The molecule has 0 atom stereocenters. The molecule has 3 rings (SSSR count). The summed E-state index contributed by atoms with van der Waals surface area (Å²) < 4.78 is 0. The van der Waals surface area contributed by atoms with Crippen molar-refractivity contribution >= 4 is 0 Å². The summed E-state index contributed by atoms with van der Waals surface area (Å²) in [6, 6.07) is 5.43. The Kier molecular flexibility index (Phi) is 164. The van der Waals surface area contributed by atoms with Crippen LogP contribution >= 0.6 is 0 Å². The van der Waals surface area contributed by atoms with E-state index in [1.807, 2.05) is 95.2 Å². The van der Waals surface area contributed by atoms with Crippen LogP contribution in [0, 0.1) is 0 Å². The molecule has 0 amide bonds. The van der Waals surface area contributed by atoms with Gasteiger partial charge in [0.15, 0.2) is 0 Å². The first-order chi connectivity index (χ1) is 22.2. The van der Waals surface area contributed by atoms with E-state index in [9.17, 15) is 0 Å². The van der Waals surface area contributed by atoms with E-state index in [2.05, 4.69) is 71.7 Å². The van der Waals surface area contributed by atoms with Gasteiger partial charge in [0.1, 0.15) is 6.33 Å². The summed E-state index contributed by atoms with van der Waals surface area (Å²) in [5, 5.41) is 7.07. The van der Waals surface area contributed by atoms with Crippen molar-refractivity contribution in [2.24, 2.45) is 0 Å². The maximum absolute atomic E-state index is 3.72. The van der Waals surface area contributed by atoms with Crippen molar-refractivity contribution in [1.82, 2.24) is 30.1 Å². The number of nitrogens with zero attached hydrogens (tertiary/aromatic N) is 6. The van der Waals surface area contributed by atoms with Crippen LogP contribution < -0.4 is 0 Å². The summed E-state index contributed by atoms with van der Waals surface area (Å²) in [5.41, 5.74) is 0. The third-order valence-corrected chi connectivity index (χ3v) is 3.56. The molecule has 3 heterocycles. The molecule has 0 saturated carbocycles. The Morgan fingerprint density at radius 1 is 0.289 bits per heavy atom. The van der Waals surface area contributed by atoms with E-state index in [-0.39, 0.29) is 0 Å². The number of rotatable bonds is 6. The Morgan fingerprint density at radius 3 is 0.600 bits per heavy atom. The van der Waals surface area contributed by atoms with Crippen molar-refractivity contribution in [3.63, 3.8) is 0 Å². The van der Waals surface area contributed by atoms with Crippen LogP contribution in [0.3, 0.4) is 0 Å². The average Bonchev–Trinajstić information content (AvgIpc) is 3.18. The molecule has 0 aliphatic carbocycles. The summed E-state index contributed by atoms with van der Waals surface area (Å²) >= 11 is 0. The standard InChI is InChI=1S/3C5H12.3C4H4N2.6C2H6/c3*1-3-5-4-2;1-2-6-4-3-5-1;1-2-5-4-6-3-1;1-2-4-6-5-3-1;6*1-2/h3*3-5H2,1-2H3;3*1-4H;6*1-2H3. The monoisotopic (exact) mass is 637 g/mol. The Morgan fingerprint density at radius 2 is 0.533 bits per heavy atom. The van der Waals surface area contributed by atoms with E-state index < -0.39 is 0 Å². The van der Waals surface area contributed by atoms with Gasteiger partial charge in [0.25, 0.3) is 0 Å². The lowest BCUT2D eigenvalue weighted by Gasteiger charge is -1.79. The molecule has 270 valence electrons. The lowest BCUT2D eigenvalue weighted by Crippen LogP contribution is -1.69. The molecule has 0 radical (unpaired) electrons. The zero-order valence-electron chi connectivity index (χ0n) is 34.0. The first-order valence-corrected chi connectivity index (χ1v) is 18.4. The van der Waals surface area contributed by atoms with Crippen LogP contribution in [0.2, 0.25) is 0 Å². The summed E-state index contributed by atoms with van der Waals surface area (Å²) in [4.78, 5) is 14.8. The van der Waals surface area contributed by atoms with Crippen molar-refractivity contribution in [3.05, 3.63) is 74.1 Å². The highest BCUT2D eigenvalue weighted by Gasteiger charge is 1.69. The van der Waals surface area contributed by atoms with Gasteiger partial charge in [0.05, 0.1) is 0 Å². The van der Waals surface area contributed by atoms with Gasteiger partial charge >= 0.3 is 0 Å². The normalized spacial score (nSPS) is 6.80. The topological polar surface area (TPSA) is 77.3 Å². The Balaban J connectivity index is -0.0000000463. The van der Waals surface area contributed by atoms with Gasteiger partial charge < -0.3 is 0 Å². The lowest BCUT2D eigenvalue weighted by atomic mass is 10.3. The Labute approximate surface area is 286 Å². The maximum atomic E-state index is 3.72. The molecular weight excluding hydrogens is 552 g/mol. The predicted octanol–water partition coefficient (Wildman–Crippen LogP) is 14.2. The SMILES string of the molecule is CC.CC.CC.CC.CC.CC.CCCCC.CCCCC.CCCCC.c1ccnnc1.c1cnccn1.c1cncnc1. The van der Waals surface area contributed by atoms with Crippen molar-refractivity contribution < 1.29 is 0 Å². The third-order valence-electron chi connectivity index (χ3n) is 3.56. The van der Waals surface area contributed by atoms with Crippen LogP contribution in [0.4, 0.5) is 0 Å². The van der Waals surface area contributed by atoms with Crippen LogP contribution in [0.5, 0.6) is 0 Å². The van der Waals surface area contributed by atoms with Gasteiger partial charge in [0, 0.05) is 49.6 Å². The van der Waals surface area contributed by atoms with E-state index in [1.165, 1.54) is 64.1 Å². The second kappa shape index (κ2) is 114. The van der Waals surface area contributed by atoms with Gasteiger partial charge in [-0.2, -0.15) is 10.2 Å². The summed E-state index contributed by atoms with van der Waals surface area (Å²) in [6.45, 7) is 37.3. The van der Waals surface area contributed by atoms with E-state index in [0.29, 0.717) is 0 Å². The molecule has 0 spiro atoms. The van der Waals surface area contributed by atoms with E-state index in [0.717, 1.165) is 0 Å². The zero-order valence-corrected chi connectivity index (χ0v) is 34.0. The quantitative estimate of drug-likeness (QED) is 0.268. The minimum Gasteiger partial charge on any atom is -0.262 e. The lowest BCUT2D eigenvalue weighted by molar-refractivity contribution is 0.772. The largest absolute Gasteiger partial charge is 0.262 e. The molecular formula is C39H84N6. The predicted molar refractivity (Wildman–Crippen MR) is 210 cm³/mol. The van der Waals surface area contributed by atoms with Crippen LogP contribution in [0.15, 0.2) is 74.1 Å². The van der Waals surface area contributed by atoms with Gasteiger partial charge in [-0.05, 0) is 18.2 Å². The second-order valence-electron chi connectivity index (χ2n) is 6.77. The molecule has 45 heavy (non-hydrogen) atoms. The minimum atomic E-state index is 1.34. The summed E-state index contributed by atoms with van der Waals surface area (Å²) in [5.74, 6) is 0. The molecule has 0 N–H and O–H groups in total. The van der Waals surface area contributed by atoms with Gasteiger partial charge in [-0.3, -0.25) is 9.97 Å². The fourth-order valence-corrected chi connectivity index (χ4v) is 1.82. The van der Waals surface area contributed by atoms with Crippen molar-refractivity contribution in [2.45, 2.75) is 182 Å². The average molecular weight is 637 g/mol. The van der Waals surface area contributed by atoms with Crippen molar-refractivity contribution in [2.75, 3.05) is 0 Å². The third kappa shape index (κ3) is 141. The van der Waals surface area contributed by atoms with Crippen LogP contribution in [0.25, 0.3) is 0 Å². The molecule has 0 bridgehead atoms. The van der Waals surface area contributed by atoms with Crippen molar-refractivity contribution in [3.8, 4) is 0 Å². The summed E-state index contributed by atoms with van der Waals surface area (Å²) in [7, 11) is 0. The highest BCUT2D eigenvalue weighted by atomic mass is 15.1. The number of aromatic nitrogens is 6. The van der Waals surface area contributed by atoms with Gasteiger partial charge in [-0.25, -0.2) is 9.97 Å². The van der Waals surface area contributed by atoms with Gasteiger partial charge in [0.2, 0.25) is 0 Å². The van der Waals surface area contributed by atoms with E-state index >= 15 is 0 Å². The van der Waals surface area contributed by atoms with Crippen LogP contribution in [-0.2, 0) is 0 Å². The molecule has 0 fully saturated rings. The fourth-order valence-electron chi connectivity index (χ4n) is 1.82. The second-order valence-corrected chi connectivity index (χ2v) is 6.77. The first-order valence-electron chi connectivity index (χ1n) is 18.4. The number of hydrogen-bond donors (Lipinski definition) is 0. The van der Waals surface area contributed by atoms with E-state index in [1.54, 1.807) is 55.6 Å². The smallest absolute Gasteiger partial charge is 0.115 e. The van der Waals surface area contributed by atoms with Crippen LogP contribution in [-0.4, -0.2) is 30.1 Å². The Hall–Kier alpha value is -2.76. The molecule has 0 aliphatic heterocycles. The number of unbranched alkanes of at least 4 members (excludes halogenated alkanes) is 6. The van der Waals surface area contributed by atoms with Gasteiger partial charge in [-0.15, -0.1) is 0 Å². The minimum absolute atomic E-state index is 1.34. The summed E-state index contributed by atoms with van der Waals surface area (Å²) in [6.07, 6.45) is 26.9. The Bertz CT molecular complexity index is 424. The van der Waals surface area contributed by atoms with Crippen molar-refractivity contribution in [1.29, 1.82) is 0 Å². The highest BCUT2D eigenvalue weighted by molar-refractivity contribution is 4.80. The highest BCUT2D eigenvalue weighted by Crippen LogP contribution is 1.89. The molecule has 0 aliphatic rings. The maximum Gasteiger partial charge on any atom is 0.115 e. The molecule has 3 aromatic rings. The van der Waals surface area contributed by atoms with Gasteiger partial charge in [-0.1, -0.05) is 182 Å². The number of hydrogen-bond acceptors (Lipinski definition) is 6. The zero-order chi connectivity index (χ0) is 37.1.